The van der Waals surface area contributed by atoms with E-state index in [9.17, 15) is 9.59 Å². The average molecular weight is 424 g/mol. The van der Waals surface area contributed by atoms with E-state index in [-0.39, 0.29) is 17.7 Å². The van der Waals surface area contributed by atoms with Gasteiger partial charge in [-0.05, 0) is 17.7 Å². The van der Waals surface area contributed by atoms with Crippen molar-refractivity contribution in [1.82, 2.24) is 23.7 Å². The third-order valence-corrected chi connectivity index (χ3v) is 5.07. The fourth-order valence-electron chi connectivity index (χ4n) is 3.10. The highest BCUT2D eigenvalue weighted by Crippen LogP contribution is 2.22. The van der Waals surface area contributed by atoms with E-state index in [1.807, 2.05) is 24.3 Å². The molecule has 0 aliphatic heterocycles. The Morgan fingerprint density at radius 3 is 2.67 bits per heavy atom. The Bertz CT molecular complexity index is 1370. The molecule has 9 nitrogen and oxygen atoms in total. The number of hydrogen-bond acceptors (Lipinski definition) is 6. The maximum Gasteiger partial charge on any atom is 0.332 e. The molecule has 0 aliphatic rings. The second kappa shape index (κ2) is 7.96. The molecule has 0 saturated heterocycles. The summed E-state index contributed by atoms with van der Waals surface area (Å²) in [6, 6.07) is 11.0. The Morgan fingerprint density at radius 2 is 1.93 bits per heavy atom. The molecule has 0 spiro atoms. The van der Waals surface area contributed by atoms with E-state index in [4.69, 9.17) is 11.6 Å². The summed E-state index contributed by atoms with van der Waals surface area (Å²) >= 11 is 6.33. The molecule has 0 aliphatic carbocycles. The summed E-state index contributed by atoms with van der Waals surface area (Å²) in [4.78, 5) is 33.7. The smallest absolute Gasteiger partial charge is 0.298 e. The fraction of sp³-hybridized carbons (Fsp3) is 0.150. The summed E-state index contributed by atoms with van der Waals surface area (Å²) in [7, 11) is 3.00. The van der Waals surface area contributed by atoms with Crippen molar-refractivity contribution in [2.24, 2.45) is 19.2 Å². The van der Waals surface area contributed by atoms with Crippen molar-refractivity contribution in [2.75, 3.05) is 5.43 Å². The van der Waals surface area contributed by atoms with Crippen LogP contribution in [-0.4, -0.2) is 29.9 Å². The minimum absolute atomic E-state index is 0.259. The van der Waals surface area contributed by atoms with Crippen LogP contribution >= 0.6 is 11.6 Å². The molecule has 0 unspecified atom stereocenters. The molecule has 10 heteroatoms. The largest absolute Gasteiger partial charge is 0.332 e. The average Bonchev–Trinajstić information content (AvgIpc) is 3.11. The number of anilines is 1. The number of imidazole rings is 1. The SMILES string of the molecule is Cn1c(=O)c2c(nc(N/N=C/c3cccnc3)n2Cc2ccccc2Cl)n(C)c1=O. The van der Waals surface area contributed by atoms with Gasteiger partial charge in [-0.25, -0.2) is 10.2 Å². The second-order valence-electron chi connectivity index (χ2n) is 6.65. The molecular formula is C20H18ClN7O2. The monoisotopic (exact) mass is 423 g/mol. The van der Waals surface area contributed by atoms with Crippen molar-refractivity contribution >= 4 is 34.9 Å². The zero-order valence-electron chi connectivity index (χ0n) is 16.3. The summed E-state index contributed by atoms with van der Waals surface area (Å²) in [5.41, 5.74) is 4.09. The molecular weight excluding hydrogens is 406 g/mol. The van der Waals surface area contributed by atoms with Crippen molar-refractivity contribution < 1.29 is 0 Å². The van der Waals surface area contributed by atoms with E-state index in [0.717, 1.165) is 15.7 Å². The van der Waals surface area contributed by atoms with Crippen LogP contribution in [0.1, 0.15) is 11.1 Å². The molecule has 30 heavy (non-hydrogen) atoms. The first-order valence-electron chi connectivity index (χ1n) is 9.06. The van der Waals surface area contributed by atoms with E-state index in [2.05, 4.69) is 20.5 Å². The third kappa shape index (κ3) is 3.50. The molecule has 1 N–H and O–H groups in total. The predicted octanol–water partition coefficient (Wildman–Crippen LogP) is 1.98. The summed E-state index contributed by atoms with van der Waals surface area (Å²) < 4.78 is 4.05. The van der Waals surface area contributed by atoms with Crippen molar-refractivity contribution in [3.05, 3.63) is 85.8 Å². The number of aryl methyl sites for hydroxylation is 1. The zero-order valence-corrected chi connectivity index (χ0v) is 17.0. The van der Waals surface area contributed by atoms with Crippen LogP contribution in [-0.2, 0) is 20.6 Å². The zero-order chi connectivity index (χ0) is 21.3. The van der Waals surface area contributed by atoms with E-state index in [1.54, 1.807) is 42.4 Å². The molecule has 0 atom stereocenters. The van der Waals surface area contributed by atoms with E-state index in [1.165, 1.54) is 11.6 Å². The highest BCUT2D eigenvalue weighted by molar-refractivity contribution is 6.31. The van der Waals surface area contributed by atoms with Crippen LogP contribution in [0.2, 0.25) is 5.02 Å². The Kier molecular flexibility index (Phi) is 5.20. The van der Waals surface area contributed by atoms with Crippen LogP contribution in [0.25, 0.3) is 11.2 Å². The summed E-state index contributed by atoms with van der Waals surface area (Å²) in [5, 5.41) is 4.77. The molecule has 4 aromatic rings. The minimum Gasteiger partial charge on any atom is -0.298 e. The normalized spacial score (nSPS) is 11.4. The Morgan fingerprint density at radius 1 is 1.13 bits per heavy atom. The van der Waals surface area contributed by atoms with Crippen molar-refractivity contribution in [1.29, 1.82) is 0 Å². The van der Waals surface area contributed by atoms with Gasteiger partial charge in [0.15, 0.2) is 11.2 Å². The molecule has 1 aromatic carbocycles. The lowest BCUT2D eigenvalue weighted by Crippen LogP contribution is -2.37. The van der Waals surface area contributed by atoms with Crippen LogP contribution in [0.5, 0.6) is 0 Å². The molecule has 3 heterocycles. The number of rotatable bonds is 5. The van der Waals surface area contributed by atoms with Gasteiger partial charge in [0, 0.05) is 37.1 Å². The molecule has 4 rings (SSSR count). The standard InChI is InChI=1S/C20H18ClN7O2/c1-26-17-16(18(29)27(2)20(26)30)28(12-14-7-3-4-8-15(14)21)19(24-17)25-23-11-13-6-5-9-22-10-13/h3-11H,12H2,1-2H3,(H,24,25)/b23-11+. The Hall–Kier alpha value is -3.72. The number of fused-ring (bicyclic) bond motifs is 1. The molecule has 0 fully saturated rings. The lowest BCUT2D eigenvalue weighted by atomic mass is 10.2. The lowest BCUT2D eigenvalue weighted by molar-refractivity contribution is 0.702. The number of halogens is 1. The number of hydrazone groups is 1. The molecule has 0 bridgehead atoms. The quantitative estimate of drug-likeness (QED) is 0.391. The van der Waals surface area contributed by atoms with E-state index >= 15 is 0 Å². The Labute approximate surface area is 175 Å². The fourth-order valence-corrected chi connectivity index (χ4v) is 3.30. The van der Waals surface area contributed by atoms with Gasteiger partial charge in [-0.3, -0.25) is 23.5 Å². The first-order valence-corrected chi connectivity index (χ1v) is 9.44. The third-order valence-electron chi connectivity index (χ3n) is 4.70. The van der Waals surface area contributed by atoms with E-state index < -0.39 is 11.2 Å². The predicted molar refractivity (Wildman–Crippen MR) is 116 cm³/mol. The van der Waals surface area contributed by atoms with Gasteiger partial charge in [0.05, 0.1) is 12.8 Å². The molecule has 0 radical (unpaired) electrons. The minimum atomic E-state index is -0.458. The van der Waals surface area contributed by atoms with Crippen LogP contribution in [0.3, 0.4) is 0 Å². The van der Waals surface area contributed by atoms with Crippen LogP contribution in [0.4, 0.5) is 5.95 Å². The molecule has 152 valence electrons. The van der Waals surface area contributed by atoms with Gasteiger partial charge in [0.2, 0.25) is 5.95 Å². The van der Waals surface area contributed by atoms with Gasteiger partial charge in [-0.1, -0.05) is 35.9 Å². The first kappa shape index (κ1) is 19.6. The number of benzene rings is 1. The maximum atomic E-state index is 12.9. The topological polar surface area (TPSA) is 99.1 Å². The van der Waals surface area contributed by atoms with Crippen LogP contribution < -0.4 is 16.7 Å². The van der Waals surface area contributed by atoms with Crippen LogP contribution in [0, 0.1) is 0 Å². The summed E-state index contributed by atoms with van der Waals surface area (Å²) in [6.07, 6.45) is 4.92. The lowest BCUT2D eigenvalue weighted by Gasteiger charge is -2.10. The molecule has 0 saturated carbocycles. The molecule has 0 amide bonds. The number of hydrogen-bond donors (Lipinski definition) is 1. The van der Waals surface area contributed by atoms with Gasteiger partial charge in [-0.2, -0.15) is 10.1 Å². The van der Waals surface area contributed by atoms with Gasteiger partial charge in [-0.15, -0.1) is 0 Å². The number of nitrogens with one attached hydrogen (secondary N) is 1. The van der Waals surface area contributed by atoms with Crippen molar-refractivity contribution in [2.45, 2.75) is 6.54 Å². The highest BCUT2D eigenvalue weighted by atomic mass is 35.5. The Balaban J connectivity index is 1.86. The summed E-state index contributed by atoms with van der Waals surface area (Å²) in [6.45, 7) is 0.272. The van der Waals surface area contributed by atoms with Crippen molar-refractivity contribution in [3.8, 4) is 0 Å². The van der Waals surface area contributed by atoms with Crippen LogP contribution in [0.15, 0.2) is 63.5 Å². The van der Waals surface area contributed by atoms with Gasteiger partial charge < -0.3 is 0 Å². The number of aromatic nitrogens is 5. The van der Waals surface area contributed by atoms with Crippen molar-refractivity contribution in [3.63, 3.8) is 0 Å². The van der Waals surface area contributed by atoms with Gasteiger partial charge in [0.25, 0.3) is 5.56 Å². The summed E-state index contributed by atoms with van der Waals surface area (Å²) in [5.74, 6) is 0.309. The molecule has 3 aromatic heterocycles. The maximum absolute atomic E-state index is 12.9. The van der Waals surface area contributed by atoms with Gasteiger partial charge in [0.1, 0.15) is 0 Å². The second-order valence-corrected chi connectivity index (χ2v) is 7.05. The highest BCUT2D eigenvalue weighted by Gasteiger charge is 2.19. The number of pyridine rings is 1. The first-order chi connectivity index (χ1) is 14.5. The van der Waals surface area contributed by atoms with E-state index in [0.29, 0.717) is 11.0 Å². The number of nitrogens with zero attached hydrogens (tertiary/aromatic N) is 6. The van der Waals surface area contributed by atoms with Gasteiger partial charge >= 0.3 is 5.69 Å².